The molecule has 0 aromatic rings. The molecule has 5 rings (SSSR count). The fourth-order valence-electron chi connectivity index (χ4n) is 2.31. The van der Waals surface area contributed by atoms with Crippen LogP contribution in [0.4, 0.5) is 0 Å². The van der Waals surface area contributed by atoms with E-state index in [2.05, 4.69) is 94.1 Å². The molecular formula is C13H12S10. The molecule has 5 aliphatic heterocycles. The van der Waals surface area contributed by atoms with Crippen LogP contribution in [0.2, 0.25) is 0 Å². The lowest BCUT2D eigenvalue weighted by Crippen LogP contribution is -2.16. The van der Waals surface area contributed by atoms with Crippen LogP contribution in [0.15, 0.2) is 25.4 Å². The fraction of sp³-hybridized carbons (Fsp3) is 0.538. The van der Waals surface area contributed by atoms with E-state index in [1.807, 2.05) is 23.5 Å². The minimum Gasteiger partial charge on any atom is -0.146 e. The second-order valence-electron chi connectivity index (χ2n) is 4.90. The Kier molecular flexibility index (Phi) is 6.18. The average Bonchev–Trinajstić information content (AvgIpc) is 3.27. The Hall–Kier alpha value is 2.72. The highest BCUT2D eigenvalue weighted by Gasteiger charge is 2.40. The van der Waals surface area contributed by atoms with Gasteiger partial charge in [0.1, 0.15) is 0 Å². The number of thioether (sulfide) groups is 10. The first-order chi connectivity index (χ1) is 11.4. The molecule has 0 saturated carbocycles. The zero-order chi connectivity index (χ0) is 15.2. The van der Waals surface area contributed by atoms with Crippen molar-refractivity contribution in [1.29, 1.82) is 0 Å². The Morgan fingerprint density at radius 1 is 0.522 bits per heavy atom. The van der Waals surface area contributed by atoms with Crippen molar-refractivity contribution in [2.75, 3.05) is 23.0 Å². The van der Waals surface area contributed by atoms with Gasteiger partial charge in [-0.3, -0.25) is 0 Å². The minimum atomic E-state index is 0.739. The van der Waals surface area contributed by atoms with E-state index in [9.17, 15) is 0 Å². The van der Waals surface area contributed by atoms with Crippen molar-refractivity contribution in [3.63, 3.8) is 0 Å². The van der Waals surface area contributed by atoms with Crippen LogP contribution in [0.25, 0.3) is 0 Å². The van der Waals surface area contributed by atoms with E-state index in [-0.39, 0.29) is 0 Å². The van der Waals surface area contributed by atoms with Crippen molar-refractivity contribution in [3.8, 4) is 0 Å². The number of rotatable bonds is 1. The lowest BCUT2D eigenvalue weighted by molar-refractivity contribution is 1.10. The summed E-state index contributed by atoms with van der Waals surface area (Å²) in [6.45, 7) is 0. The lowest BCUT2D eigenvalue weighted by atomic mass is 10.6. The number of hydrogen-bond donors (Lipinski definition) is 0. The van der Waals surface area contributed by atoms with Crippen molar-refractivity contribution in [2.45, 2.75) is 15.6 Å². The zero-order valence-electron chi connectivity index (χ0n) is 11.8. The Morgan fingerprint density at radius 3 is 1.61 bits per heavy atom. The maximum absolute atomic E-state index is 2.18. The lowest BCUT2D eigenvalue weighted by Gasteiger charge is -2.25. The quantitative estimate of drug-likeness (QED) is 0.356. The van der Waals surface area contributed by atoms with Crippen LogP contribution in [0, 0.1) is 0 Å². The van der Waals surface area contributed by atoms with E-state index >= 15 is 0 Å². The van der Waals surface area contributed by atoms with Crippen LogP contribution >= 0.6 is 118 Å². The molecule has 0 amide bonds. The molecule has 0 radical (unpaired) electrons. The molecule has 0 atom stereocenters. The van der Waals surface area contributed by atoms with Gasteiger partial charge in [0.15, 0.2) is 0 Å². The number of hydrogen-bond acceptors (Lipinski definition) is 10. The maximum Gasteiger partial charge on any atom is 0.0818 e. The predicted molar refractivity (Wildman–Crippen MR) is 129 cm³/mol. The van der Waals surface area contributed by atoms with Crippen molar-refractivity contribution in [1.82, 2.24) is 0 Å². The third kappa shape index (κ3) is 3.83. The highest BCUT2D eigenvalue weighted by molar-refractivity contribution is 8.48. The minimum absolute atomic E-state index is 0.739. The standard InChI is InChI=1S/C13H12S10/c1-2-14-6(15-3-1)9-20-12-13(21-9)23-11(22-12)10-18-7-8(19-10)17-5-4-16-7/h6,9H,1-5H2. The summed E-state index contributed by atoms with van der Waals surface area (Å²) in [4.78, 5) is 0. The van der Waals surface area contributed by atoms with Gasteiger partial charge in [0.05, 0.1) is 34.6 Å². The van der Waals surface area contributed by atoms with E-state index in [4.69, 9.17) is 0 Å². The first-order valence-corrected chi connectivity index (χ1v) is 16.2. The molecule has 124 valence electrons. The van der Waals surface area contributed by atoms with Crippen molar-refractivity contribution in [2.24, 2.45) is 0 Å². The zero-order valence-corrected chi connectivity index (χ0v) is 19.9. The second kappa shape index (κ2) is 7.99. The molecule has 0 aliphatic carbocycles. The summed E-state index contributed by atoms with van der Waals surface area (Å²) in [5.41, 5.74) is 0. The topological polar surface area (TPSA) is 0 Å². The normalized spacial score (nSPS) is 29.7. The smallest absolute Gasteiger partial charge is 0.0818 e. The van der Waals surface area contributed by atoms with Crippen molar-refractivity contribution >= 4 is 118 Å². The molecule has 1 fully saturated rings. The second-order valence-corrected chi connectivity index (χ2v) is 18.1. The van der Waals surface area contributed by atoms with Crippen LogP contribution in [0.5, 0.6) is 0 Å². The summed E-state index contributed by atoms with van der Waals surface area (Å²) in [5.74, 6) is 5.27. The molecule has 23 heavy (non-hydrogen) atoms. The van der Waals surface area contributed by atoms with Crippen molar-refractivity contribution < 1.29 is 0 Å². The summed E-state index contributed by atoms with van der Waals surface area (Å²) < 4.78 is 10.9. The Labute approximate surface area is 179 Å². The summed E-state index contributed by atoms with van der Waals surface area (Å²) >= 11 is 20.9. The van der Waals surface area contributed by atoms with Crippen LogP contribution < -0.4 is 0 Å². The van der Waals surface area contributed by atoms with E-state index < -0.39 is 0 Å². The van der Waals surface area contributed by atoms with E-state index in [1.165, 1.54) is 29.4 Å². The van der Waals surface area contributed by atoms with Crippen LogP contribution in [0.1, 0.15) is 6.42 Å². The van der Waals surface area contributed by atoms with Gasteiger partial charge >= 0.3 is 0 Å². The SMILES string of the molecule is C1CSC(C2SC3=C(SC(=C4SC5=C(SCCS5)S4)S3)S2)SC1. The average molecular weight is 489 g/mol. The molecular weight excluding hydrogens is 477 g/mol. The molecule has 0 spiro atoms. The van der Waals surface area contributed by atoms with Gasteiger partial charge in [0.2, 0.25) is 0 Å². The molecule has 1 saturated heterocycles. The molecule has 5 heterocycles. The summed E-state index contributed by atoms with van der Waals surface area (Å²) in [7, 11) is 0. The van der Waals surface area contributed by atoms with Gasteiger partial charge in [-0.25, -0.2) is 0 Å². The van der Waals surface area contributed by atoms with Crippen LogP contribution in [-0.4, -0.2) is 32.2 Å². The van der Waals surface area contributed by atoms with Crippen molar-refractivity contribution in [3.05, 3.63) is 25.4 Å². The summed E-state index contributed by atoms with van der Waals surface area (Å²) in [5, 5.41) is 0. The Bertz CT molecular complexity index is 574. The molecule has 0 aromatic carbocycles. The van der Waals surface area contributed by atoms with E-state index in [1.54, 1.807) is 25.4 Å². The molecule has 5 aliphatic rings. The van der Waals surface area contributed by atoms with Gasteiger partial charge in [-0.15, -0.1) is 70.6 Å². The third-order valence-corrected chi connectivity index (χ3v) is 19.4. The first-order valence-electron chi connectivity index (χ1n) is 7.13. The predicted octanol–water partition coefficient (Wildman–Crippen LogP) is 7.81. The maximum atomic E-state index is 2.18. The Balaban J connectivity index is 1.24. The highest BCUT2D eigenvalue weighted by atomic mass is 32.3. The van der Waals surface area contributed by atoms with Crippen LogP contribution in [-0.2, 0) is 0 Å². The summed E-state index contributed by atoms with van der Waals surface area (Å²) in [6.07, 6.45) is 1.39. The molecule has 0 aromatic heterocycles. The third-order valence-electron chi connectivity index (χ3n) is 3.31. The largest absolute Gasteiger partial charge is 0.146 e. The Morgan fingerprint density at radius 2 is 1.04 bits per heavy atom. The molecule has 0 bridgehead atoms. The summed E-state index contributed by atoms with van der Waals surface area (Å²) in [6, 6.07) is 0. The van der Waals surface area contributed by atoms with Gasteiger partial charge in [0, 0.05) is 11.5 Å². The van der Waals surface area contributed by atoms with Gasteiger partial charge in [-0.1, -0.05) is 47.0 Å². The molecule has 10 heteroatoms. The first kappa shape index (κ1) is 17.8. The molecule has 0 nitrogen and oxygen atoms in total. The van der Waals surface area contributed by atoms with Crippen LogP contribution in [0.3, 0.4) is 0 Å². The van der Waals surface area contributed by atoms with E-state index in [0.29, 0.717) is 0 Å². The molecule has 0 unspecified atom stereocenters. The van der Waals surface area contributed by atoms with Gasteiger partial charge in [-0.05, 0) is 17.9 Å². The monoisotopic (exact) mass is 488 g/mol. The van der Waals surface area contributed by atoms with Gasteiger partial charge in [-0.2, -0.15) is 0 Å². The van der Waals surface area contributed by atoms with E-state index in [0.717, 1.165) is 9.16 Å². The van der Waals surface area contributed by atoms with Gasteiger partial charge < -0.3 is 0 Å². The van der Waals surface area contributed by atoms with Gasteiger partial charge in [0.25, 0.3) is 0 Å². The fourth-order valence-corrected chi connectivity index (χ4v) is 19.3. The molecule has 0 N–H and O–H groups in total. The highest BCUT2D eigenvalue weighted by Crippen LogP contribution is 2.71.